The third kappa shape index (κ3) is 6.77. The van der Waals surface area contributed by atoms with E-state index in [4.69, 9.17) is 0 Å². The Kier molecular flexibility index (Phi) is 9.79. The molecule has 0 N–H and O–H groups in total. The first-order chi connectivity index (χ1) is 16.2. The van der Waals surface area contributed by atoms with Crippen LogP contribution in [0.5, 0.6) is 0 Å². The van der Waals surface area contributed by atoms with Crippen molar-refractivity contribution in [1.82, 2.24) is 0 Å². The van der Waals surface area contributed by atoms with Gasteiger partial charge in [-0.3, -0.25) is 19.2 Å². The van der Waals surface area contributed by atoms with Gasteiger partial charge in [-0.1, -0.05) is 60.5 Å². The van der Waals surface area contributed by atoms with Gasteiger partial charge in [0.2, 0.25) is 0 Å². The summed E-state index contributed by atoms with van der Waals surface area (Å²) in [6.07, 6.45) is 4.64. The molecule has 0 bridgehead atoms. The smallest absolute Gasteiger partial charge is 0.163 e. The summed E-state index contributed by atoms with van der Waals surface area (Å²) in [7, 11) is 0. The normalized spacial score (nSPS) is 18.5. The van der Waals surface area contributed by atoms with Crippen molar-refractivity contribution >= 4 is 23.1 Å². The van der Waals surface area contributed by atoms with E-state index in [9.17, 15) is 19.2 Å². The molecule has 4 unspecified atom stereocenters. The van der Waals surface area contributed by atoms with Crippen LogP contribution < -0.4 is 0 Å². The summed E-state index contributed by atoms with van der Waals surface area (Å²) in [6, 6.07) is 2.17. The van der Waals surface area contributed by atoms with Crippen molar-refractivity contribution in [1.29, 1.82) is 0 Å². The maximum atomic E-state index is 13.6. The number of rotatable bonds is 11. The second-order valence-electron chi connectivity index (χ2n) is 11.9. The molecule has 0 amide bonds. The average Bonchev–Trinajstić information content (AvgIpc) is 2.72. The third-order valence-corrected chi connectivity index (χ3v) is 8.00. The summed E-state index contributed by atoms with van der Waals surface area (Å²) >= 11 is 0. The van der Waals surface area contributed by atoms with Crippen LogP contribution in [0.3, 0.4) is 0 Å². The van der Waals surface area contributed by atoms with E-state index < -0.39 is 0 Å². The lowest BCUT2D eigenvalue weighted by Gasteiger charge is -2.35. The van der Waals surface area contributed by atoms with E-state index >= 15 is 0 Å². The first-order valence-electron chi connectivity index (χ1n) is 13.4. The Bertz CT molecular complexity index is 979. The van der Waals surface area contributed by atoms with Crippen molar-refractivity contribution < 1.29 is 19.2 Å². The van der Waals surface area contributed by atoms with Crippen molar-refractivity contribution in [3.8, 4) is 0 Å². The Morgan fingerprint density at radius 2 is 1.71 bits per heavy atom. The number of fused-ring (bicyclic) bond motifs is 1. The molecule has 2 rings (SSSR count). The van der Waals surface area contributed by atoms with E-state index in [-0.39, 0.29) is 58.6 Å². The van der Waals surface area contributed by atoms with Crippen molar-refractivity contribution in [3.05, 3.63) is 33.9 Å². The van der Waals surface area contributed by atoms with Gasteiger partial charge in [-0.05, 0) is 79.5 Å². The van der Waals surface area contributed by atoms with Gasteiger partial charge in [0.25, 0.3) is 0 Å². The van der Waals surface area contributed by atoms with Crippen LogP contribution in [-0.4, -0.2) is 23.1 Å². The number of ketones is 4. The second kappa shape index (κ2) is 11.8. The van der Waals surface area contributed by atoms with Gasteiger partial charge in [0.1, 0.15) is 17.3 Å². The zero-order valence-corrected chi connectivity index (χ0v) is 23.5. The summed E-state index contributed by atoms with van der Waals surface area (Å²) in [5.41, 5.74) is 4.91. The topological polar surface area (TPSA) is 68.3 Å². The predicted molar refractivity (Wildman–Crippen MR) is 142 cm³/mol. The van der Waals surface area contributed by atoms with Crippen LogP contribution in [0, 0.1) is 24.7 Å². The molecule has 4 heteroatoms. The summed E-state index contributed by atoms with van der Waals surface area (Å²) in [5.74, 6) is 0.129. The first kappa shape index (κ1) is 29.1. The van der Waals surface area contributed by atoms with Gasteiger partial charge in [-0.15, -0.1) is 0 Å². The monoisotopic (exact) mass is 482 g/mol. The third-order valence-electron chi connectivity index (χ3n) is 8.00. The van der Waals surface area contributed by atoms with E-state index in [1.165, 1.54) is 6.92 Å². The highest BCUT2D eigenvalue weighted by molar-refractivity contribution is 6.01. The van der Waals surface area contributed by atoms with Gasteiger partial charge in [-0.2, -0.15) is 0 Å². The lowest BCUT2D eigenvalue weighted by Crippen LogP contribution is -2.31. The summed E-state index contributed by atoms with van der Waals surface area (Å²) in [5, 5.41) is 0. The maximum Gasteiger partial charge on any atom is 0.163 e. The minimum absolute atomic E-state index is 0.000199. The van der Waals surface area contributed by atoms with Crippen LogP contribution in [0.2, 0.25) is 0 Å². The summed E-state index contributed by atoms with van der Waals surface area (Å²) < 4.78 is 0. The molecule has 0 saturated carbocycles. The Labute approximate surface area is 212 Å². The van der Waals surface area contributed by atoms with Crippen LogP contribution in [0.25, 0.3) is 0 Å². The lowest BCUT2D eigenvalue weighted by atomic mass is 9.68. The molecular weight excluding hydrogens is 436 g/mol. The molecule has 0 fully saturated rings. The quantitative estimate of drug-likeness (QED) is 0.315. The van der Waals surface area contributed by atoms with E-state index in [1.54, 1.807) is 6.92 Å². The molecule has 0 heterocycles. The van der Waals surface area contributed by atoms with Crippen molar-refractivity contribution in [3.63, 3.8) is 0 Å². The molecule has 0 spiro atoms. The van der Waals surface area contributed by atoms with Gasteiger partial charge in [0.15, 0.2) is 5.78 Å². The van der Waals surface area contributed by atoms with E-state index in [0.717, 1.165) is 53.5 Å². The van der Waals surface area contributed by atoms with Gasteiger partial charge >= 0.3 is 0 Å². The molecule has 194 valence electrons. The van der Waals surface area contributed by atoms with Gasteiger partial charge < -0.3 is 0 Å². The molecule has 0 aromatic heterocycles. The minimum atomic E-state index is -0.260. The molecule has 1 aromatic carbocycles. The highest BCUT2D eigenvalue weighted by Gasteiger charge is 2.36. The number of carbonyl (C=O) groups is 4. The highest BCUT2D eigenvalue weighted by atomic mass is 16.1. The zero-order valence-electron chi connectivity index (χ0n) is 23.5. The van der Waals surface area contributed by atoms with E-state index in [0.29, 0.717) is 12.8 Å². The maximum absolute atomic E-state index is 13.6. The fourth-order valence-electron chi connectivity index (χ4n) is 6.21. The number of benzene rings is 1. The predicted octanol–water partition coefficient (Wildman–Crippen LogP) is 7.11. The Morgan fingerprint density at radius 1 is 1.09 bits per heavy atom. The molecular formula is C31H46O4. The van der Waals surface area contributed by atoms with Crippen molar-refractivity contribution in [2.75, 3.05) is 0 Å². The molecule has 1 aromatic rings. The van der Waals surface area contributed by atoms with Gasteiger partial charge in [-0.25, -0.2) is 0 Å². The van der Waals surface area contributed by atoms with Gasteiger partial charge in [0.05, 0.1) is 6.42 Å². The minimum Gasteiger partial charge on any atom is -0.300 e. The molecule has 0 radical (unpaired) electrons. The number of carbonyl (C=O) groups excluding carboxylic acids is 4. The largest absolute Gasteiger partial charge is 0.300 e. The first-order valence-corrected chi connectivity index (χ1v) is 13.4. The van der Waals surface area contributed by atoms with Crippen molar-refractivity contribution in [2.45, 2.75) is 119 Å². The summed E-state index contributed by atoms with van der Waals surface area (Å²) in [4.78, 5) is 50.5. The number of hydrogen-bond donors (Lipinski definition) is 0. The average molecular weight is 483 g/mol. The molecule has 0 aliphatic heterocycles. The number of Topliss-reactive ketones (excluding diaryl/α,β-unsaturated/α-hetero) is 4. The molecule has 0 saturated heterocycles. The molecule has 4 atom stereocenters. The molecule has 1 aliphatic carbocycles. The molecule has 4 nitrogen and oxygen atoms in total. The number of hydrogen-bond acceptors (Lipinski definition) is 4. The fraction of sp³-hybridized carbons (Fsp3) is 0.677. The van der Waals surface area contributed by atoms with E-state index in [1.807, 2.05) is 20.8 Å². The second-order valence-corrected chi connectivity index (χ2v) is 11.9. The van der Waals surface area contributed by atoms with Gasteiger partial charge in [0, 0.05) is 23.8 Å². The zero-order chi connectivity index (χ0) is 26.7. The van der Waals surface area contributed by atoms with Crippen LogP contribution in [0.4, 0.5) is 0 Å². The Balaban J connectivity index is 2.51. The van der Waals surface area contributed by atoms with Crippen LogP contribution in [-0.2, 0) is 26.2 Å². The Morgan fingerprint density at radius 3 is 2.20 bits per heavy atom. The van der Waals surface area contributed by atoms with E-state index in [2.05, 4.69) is 33.8 Å². The SMILES string of the molecule is CCCC(CC1CC(=O)c2c(C)c(C(C)(C)C)cc(C(C)C(C)=O)c2C1)C(CC)C(=O)CC(C)=O. The highest BCUT2D eigenvalue weighted by Crippen LogP contribution is 2.42. The standard InChI is InChI=1S/C31H46O4/c1-10-12-23(24(11-2)28(34)13-18(3)32)14-22-15-26-25(19(4)21(6)33)17-27(31(7,8)9)20(5)30(26)29(35)16-22/h17,19,22-24H,10-16H2,1-9H3. The lowest BCUT2D eigenvalue weighted by molar-refractivity contribution is -0.130. The van der Waals surface area contributed by atoms with Crippen molar-refractivity contribution in [2.24, 2.45) is 17.8 Å². The molecule has 35 heavy (non-hydrogen) atoms. The summed E-state index contributed by atoms with van der Waals surface area (Å²) in [6.45, 7) is 17.7. The van der Waals surface area contributed by atoms with Crippen LogP contribution >= 0.6 is 0 Å². The van der Waals surface area contributed by atoms with Crippen LogP contribution in [0.1, 0.15) is 132 Å². The van der Waals surface area contributed by atoms with Crippen LogP contribution in [0.15, 0.2) is 6.07 Å². The molecule has 1 aliphatic rings. The Hall–Kier alpha value is -2.10. The fourth-order valence-corrected chi connectivity index (χ4v) is 6.21.